The zero-order valence-corrected chi connectivity index (χ0v) is 9.89. The third-order valence-electron chi connectivity index (χ3n) is 1.77. The van der Waals surface area contributed by atoms with Crippen LogP contribution in [0.25, 0.3) is 0 Å². The second-order valence-corrected chi connectivity index (χ2v) is 3.82. The van der Waals surface area contributed by atoms with Crippen molar-refractivity contribution >= 4 is 11.8 Å². The first-order valence-electron chi connectivity index (χ1n) is 5.21. The average molecular weight is 215 g/mol. The minimum Gasteiger partial charge on any atom is -0.355 e. The van der Waals surface area contributed by atoms with Gasteiger partial charge in [0, 0.05) is 26.1 Å². The van der Waals surface area contributed by atoms with Gasteiger partial charge in [0.1, 0.15) is 0 Å². The highest BCUT2D eigenvalue weighted by atomic mass is 16.2. The van der Waals surface area contributed by atoms with E-state index in [1.54, 1.807) is 6.92 Å². The molecule has 0 fully saturated rings. The smallest absolute Gasteiger partial charge is 0.237 e. The molecule has 0 saturated heterocycles. The van der Waals surface area contributed by atoms with Crippen molar-refractivity contribution in [3.63, 3.8) is 0 Å². The molecule has 1 atom stereocenters. The number of carbonyl (C=O) groups is 2. The van der Waals surface area contributed by atoms with Gasteiger partial charge in [-0.15, -0.1) is 0 Å². The predicted molar refractivity (Wildman–Crippen MR) is 59.4 cm³/mol. The standard InChI is InChI=1S/C10H21N3O2/c1-7(2)13-10(15)8(3)11-5-6-12-9(4)14/h7-8,11H,5-6H2,1-4H3,(H,12,14)(H,13,15). The summed E-state index contributed by atoms with van der Waals surface area (Å²) in [4.78, 5) is 22.0. The minimum atomic E-state index is -0.235. The van der Waals surface area contributed by atoms with Crippen LogP contribution < -0.4 is 16.0 Å². The van der Waals surface area contributed by atoms with Gasteiger partial charge in [-0.25, -0.2) is 0 Å². The summed E-state index contributed by atoms with van der Waals surface area (Å²) in [6, 6.07) is -0.0850. The molecule has 0 spiro atoms. The molecule has 0 rings (SSSR count). The van der Waals surface area contributed by atoms with Gasteiger partial charge in [0.2, 0.25) is 11.8 Å². The predicted octanol–water partition coefficient (Wildman–Crippen LogP) is -0.375. The molecule has 1 unspecified atom stereocenters. The summed E-state index contributed by atoms with van der Waals surface area (Å²) in [6.07, 6.45) is 0. The Hall–Kier alpha value is -1.10. The molecule has 0 aliphatic carbocycles. The molecule has 0 aromatic heterocycles. The van der Waals surface area contributed by atoms with Crippen molar-refractivity contribution in [2.24, 2.45) is 0 Å². The molecule has 0 aromatic carbocycles. The van der Waals surface area contributed by atoms with E-state index in [0.29, 0.717) is 13.1 Å². The van der Waals surface area contributed by atoms with Crippen LogP contribution in [-0.4, -0.2) is 37.0 Å². The Labute approximate surface area is 91.0 Å². The van der Waals surface area contributed by atoms with Gasteiger partial charge in [0.05, 0.1) is 6.04 Å². The number of hydrogen-bond donors (Lipinski definition) is 3. The first-order valence-corrected chi connectivity index (χ1v) is 5.21. The molecule has 0 heterocycles. The topological polar surface area (TPSA) is 70.2 Å². The Kier molecular flexibility index (Phi) is 6.70. The molecule has 0 aliphatic rings. The third-order valence-corrected chi connectivity index (χ3v) is 1.77. The number of rotatable bonds is 6. The van der Waals surface area contributed by atoms with E-state index in [-0.39, 0.29) is 23.9 Å². The van der Waals surface area contributed by atoms with Crippen LogP contribution in [0.15, 0.2) is 0 Å². The SMILES string of the molecule is CC(=O)NCCNC(C)C(=O)NC(C)C. The van der Waals surface area contributed by atoms with Gasteiger partial charge in [0.25, 0.3) is 0 Å². The van der Waals surface area contributed by atoms with E-state index >= 15 is 0 Å². The molecule has 0 bridgehead atoms. The first kappa shape index (κ1) is 13.9. The largest absolute Gasteiger partial charge is 0.355 e. The second-order valence-electron chi connectivity index (χ2n) is 3.82. The van der Waals surface area contributed by atoms with Gasteiger partial charge < -0.3 is 16.0 Å². The Balaban J connectivity index is 3.60. The zero-order chi connectivity index (χ0) is 11.8. The fraction of sp³-hybridized carbons (Fsp3) is 0.800. The summed E-state index contributed by atoms with van der Waals surface area (Å²) in [7, 11) is 0. The lowest BCUT2D eigenvalue weighted by atomic mass is 10.3. The summed E-state index contributed by atoms with van der Waals surface area (Å²) in [6.45, 7) is 8.23. The fourth-order valence-electron chi connectivity index (χ4n) is 1.03. The molecule has 5 nitrogen and oxygen atoms in total. The Morgan fingerprint density at radius 3 is 2.20 bits per heavy atom. The zero-order valence-electron chi connectivity index (χ0n) is 9.89. The van der Waals surface area contributed by atoms with Gasteiger partial charge in [0.15, 0.2) is 0 Å². The number of nitrogens with one attached hydrogen (secondary N) is 3. The summed E-state index contributed by atoms with van der Waals surface area (Å²) in [5.74, 6) is -0.0797. The van der Waals surface area contributed by atoms with E-state index in [2.05, 4.69) is 16.0 Å². The summed E-state index contributed by atoms with van der Waals surface area (Å²) in [5.41, 5.74) is 0. The molecule has 0 radical (unpaired) electrons. The molecule has 2 amide bonds. The Bertz CT molecular complexity index is 217. The first-order chi connectivity index (χ1) is 6.93. The molecular formula is C10H21N3O2. The van der Waals surface area contributed by atoms with Crippen LogP contribution in [0.1, 0.15) is 27.7 Å². The number of amides is 2. The highest BCUT2D eigenvalue weighted by molar-refractivity contribution is 5.81. The van der Waals surface area contributed by atoms with Crippen molar-refractivity contribution in [1.82, 2.24) is 16.0 Å². The molecule has 5 heteroatoms. The number of hydrogen-bond acceptors (Lipinski definition) is 3. The second kappa shape index (κ2) is 7.23. The monoisotopic (exact) mass is 215 g/mol. The van der Waals surface area contributed by atoms with E-state index < -0.39 is 0 Å². The molecule has 0 aliphatic heterocycles. The Morgan fingerprint density at radius 2 is 1.73 bits per heavy atom. The molecule has 15 heavy (non-hydrogen) atoms. The van der Waals surface area contributed by atoms with Crippen molar-refractivity contribution in [2.75, 3.05) is 13.1 Å². The van der Waals surface area contributed by atoms with Crippen LogP contribution in [0.5, 0.6) is 0 Å². The van der Waals surface area contributed by atoms with E-state index in [1.807, 2.05) is 13.8 Å². The maximum atomic E-state index is 11.4. The van der Waals surface area contributed by atoms with Gasteiger partial charge in [-0.1, -0.05) is 0 Å². The van der Waals surface area contributed by atoms with E-state index in [4.69, 9.17) is 0 Å². The van der Waals surface area contributed by atoms with E-state index in [0.717, 1.165) is 0 Å². The van der Waals surface area contributed by atoms with Crippen LogP contribution in [0.4, 0.5) is 0 Å². The van der Waals surface area contributed by atoms with Gasteiger partial charge in [-0.2, -0.15) is 0 Å². The van der Waals surface area contributed by atoms with Crippen LogP contribution >= 0.6 is 0 Å². The molecular weight excluding hydrogens is 194 g/mol. The van der Waals surface area contributed by atoms with Crippen molar-refractivity contribution in [2.45, 2.75) is 39.8 Å². The van der Waals surface area contributed by atoms with Gasteiger partial charge in [-0.05, 0) is 20.8 Å². The fourth-order valence-corrected chi connectivity index (χ4v) is 1.03. The highest BCUT2D eigenvalue weighted by Crippen LogP contribution is 1.84. The maximum Gasteiger partial charge on any atom is 0.237 e. The van der Waals surface area contributed by atoms with Crippen LogP contribution in [-0.2, 0) is 9.59 Å². The van der Waals surface area contributed by atoms with Gasteiger partial charge >= 0.3 is 0 Å². The van der Waals surface area contributed by atoms with Crippen LogP contribution in [0.3, 0.4) is 0 Å². The van der Waals surface area contributed by atoms with Crippen molar-refractivity contribution in [3.8, 4) is 0 Å². The lowest BCUT2D eigenvalue weighted by Crippen LogP contribution is -2.46. The van der Waals surface area contributed by atoms with Crippen molar-refractivity contribution in [1.29, 1.82) is 0 Å². The minimum absolute atomic E-state index is 0.0205. The van der Waals surface area contributed by atoms with Gasteiger partial charge in [-0.3, -0.25) is 9.59 Å². The molecule has 0 saturated carbocycles. The molecule has 88 valence electrons. The lowest BCUT2D eigenvalue weighted by molar-refractivity contribution is -0.123. The summed E-state index contributed by atoms with van der Waals surface area (Å²) in [5, 5.41) is 8.47. The molecule has 3 N–H and O–H groups in total. The van der Waals surface area contributed by atoms with Crippen molar-refractivity contribution in [3.05, 3.63) is 0 Å². The highest BCUT2D eigenvalue weighted by Gasteiger charge is 2.11. The Morgan fingerprint density at radius 1 is 1.13 bits per heavy atom. The maximum absolute atomic E-state index is 11.4. The normalized spacial score (nSPS) is 12.3. The number of carbonyl (C=O) groups excluding carboxylic acids is 2. The summed E-state index contributed by atoms with van der Waals surface area (Å²) < 4.78 is 0. The summed E-state index contributed by atoms with van der Waals surface area (Å²) >= 11 is 0. The van der Waals surface area contributed by atoms with E-state index in [9.17, 15) is 9.59 Å². The third kappa shape index (κ3) is 7.93. The van der Waals surface area contributed by atoms with Crippen molar-refractivity contribution < 1.29 is 9.59 Å². The van der Waals surface area contributed by atoms with E-state index in [1.165, 1.54) is 6.92 Å². The lowest BCUT2D eigenvalue weighted by Gasteiger charge is -2.15. The molecule has 0 aromatic rings. The average Bonchev–Trinajstić information content (AvgIpc) is 2.10. The van der Waals surface area contributed by atoms with Crippen LogP contribution in [0, 0.1) is 0 Å². The van der Waals surface area contributed by atoms with Crippen LogP contribution in [0.2, 0.25) is 0 Å². The quantitative estimate of drug-likeness (QED) is 0.529.